The van der Waals surface area contributed by atoms with Crippen LogP contribution in [0.2, 0.25) is 0 Å². The summed E-state index contributed by atoms with van der Waals surface area (Å²) in [5, 5.41) is 10.3. The number of carbonyl (C=O) groups excluding carboxylic acids is 1. The van der Waals surface area contributed by atoms with Crippen molar-refractivity contribution in [2.75, 3.05) is 5.32 Å². The molecular weight excluding hydrogens is 317 g/mol. The lowest BCUT2D eigenvalue weighted by molar-refractivity contribution is -0.116. The van der Waals surface area contributed by atoms with Crippen LogP contribution in [0.3, 0.4) is 0 Å². The highest BCUT2D eigenvalue weighted by Crippen LogP contribution is 2.19. The first-order valence-corrected chi connectivity index (χ1v) is 7.97. The van der Waals surface area contributed by atoms with Crippen LogP contribution in [-0.2, 0) is 11.2 Å². The van der Waals surface area contributed by atoms with Crippen molar-refractivity contribution in [3.63, 3.8) is 0 Å². The summed E-state index contributed by atoms with van der Waals surface area (Å²) >= 11 is 1.54. The number of nitrogens with zero attached hydrogens (tertiary/aromatic N) is 2. The predicted octanol–water partition coefficient (Wildman–Crippen LogP) is 3.82. The molecule has 0 saturated heterocycles. The average molecular weight is 331 g/mol. The standard InChI is InChI=1S/C16H14FN3O2S/c1-10-2-3-13(12(17)8-10)18-14(21)4-5-15-19-16(20-22-15)11-6-7-23-9-11/h2-3,6-9H,4-5H2,1H3,(H,18,21). The lowest BCUT2D eigenvalue weighted by Crippen LogP contribution is -2.13. The van der Waals surface area contributed by atoms with Gasteiger partial charge in [-0.25, -0.2) is 4.39 Å². The Morgan fingerprint density at radius 2 is 2.26 bits per heavy atom. The van der Waals surface area contributed by atoms with Crippen LogP contribution < -0.4 is 5.32 Å². The lowest BCUT2D eigenvalue weighted by Gasteiger charge is -2.06. The lowest BCUT2D eigenvalue weighted by atomic mass is 10.2. The Morgan fingerprint density at radius 3 is 3.00 bits per heavy atom. The number of hydrogen-bond donors (Lipinski definition) is 1. The molecule has 0 atom stereocenters. The second kappa shape index (κ2) is 6.70. The molecule has 0 aliphatic rings. The topological polar surface area (TPSA) is 68.0 Å². The van der Waals surface area contributed by atoms with Gasteiger partial charge >= 0.3 is 0 Å². The molecule has 0 aliphatic heterocycles. The number of carbonyl (C=O) groups is 1. The summed E-state index contributed by atoms with van der Waals surface area (Å²) in [6.07, 6.45) is 0.440. The second-order valence-electron chi connectivity index (χ2n) is 5.06. The minimum absolute atomic E-state index is 0.137. The molecule has 0 fully saturated rings. The Hall–Kier alpha value is -2.54. The summed E-state index contributed by atoms with van der Waals surface area (Å²) in [6.45, 7) is 1.79. The van der Waals surface area contributed by atoms with E-state index in [9.17, 15) is 9.18 Å². The number of rotatable bonds is 5. The van der Waals surface area contributed by atoms with Gasteiger partial charge in [-0.05, 0) is 36.1 Å². The fourth-order valence-corrected chi connectivity index (χ4v) is 2.65. The highest BCUT2D eigenvalue weighted by atomic mass is 32.1. The van der Waals surface area contributed by atoms with Crippen molar-refractivity contribution in [3.8, 4) is 11.4 Å². The molecule has 0 aliphatic carbocycles. The summed E-state index contributed by atoms with van der Waals surface area (Å²) in [4.78, 5) is 16.1. The Labute approximate surface area is 136 Å². The smallest absolute Gasteiger partial charge is 0.227 e. The number of thiophene rings is 1. The van der Waals surface area contributed by atoms with E-state index < -0.39 is 5.82 Å². The van der Waals surface area contributed by atoms with Gasteiger partial charge in [0, 0.05) is 23.8 Å². The van der Waals surface area contributed by atoms with E-state index in [1.54, 1.807) is 30.4 Å². The van der Waals surface area contributed by atoms with Gasteiger partial charge in [0.2, 0.25) is 17.6 Å². The fraction of sp³-hybridized carbons (Fsp3) is 0.188. The third kappa shape index (κ3) is 3.81. The van der Waals surface area contributed by atoms with E-state index in [2.05, 4.69) is 15.5 Å². The van der Waals surface area contributed by atoms with Crippen molar-refractivity contribution in [2.24, 2.45) is 0 Å². The van der Waals surface area contributed by atoms with Gasteiger partial charge in [0.25, 0.3) is 0 Å². The molecule has 0 saturated carbocycles. The maximum Gasteiger partial charge on any atom is 0.227 e. The van der Waals surface area contributed by atoms with Crippen LogP contribution in [0.15, 0.2) is 39.5 Å². The van der Waals surface area contributed by atoms with E-state index >= 15 is 0 Å². The number of halogens is 1. The summed E-state index contributed by atoms with van der Waals surface area (Å²) in [7, 11) is 0. The molecule has 3 aromatic rings. The van der Waals surface area contributed by atoms with E-state index in [-0.39, 0.29) is 18.0 Å². The van der Waals surface area contributed by atoms with Gasteiger partial charge in [0.1, 0.15) is 5.82 Å². The van der Waals surface area contributed by atoms with Crippen LogP contribution >= 0.6 is 11.3 Å². The van der Waals surface area contributed by atoms with Crippen LogP contribution in [0.1, 0.15) is 17.9 Å². The molecule has 7 heteroatoms. The number of hydrogen-bond acceptors (Lipinski definition) is 5. The summed E-state index contributed by atoms with van der Waals surface area (Å²) in [6, 6.07) is 6.56. The summed E-state index contributed by atoms with van der Waals surface area (Å²) < 4.78 is 18.8. The second-order valence-corrected chi connectivity index (χ2v) is 5.84. The van der Waals surface area contributed by atoms with Gasteiger partial charge in [-0.2, -0.15) is 16.3 Å². The van der Waals surface area contributed by atoms with Crippen molar-refractivity contribution < 1.29 is 13.7 Å². The molecule has 2 heterocycles. The van der Waals surface area contributed by atoms with Crippen molar-refractivity contribution in [1.29, 1.82) is 0 Å². The van der Waals surface area contributed by atoms with Gasteiger partial charge in [0.15, 0.2) is 0 Å². The first-order chi connectivity index (χ1) is 11.1. The van der Waals surface area contributed by atoms with Gasteiger partial charge in [-0.15, -0.1) is 0 Å². The highest BCUT2D eigenvalue weighted by molar-refractivity contribution is 7.08. The number of amides is 1. The van der Waals surface area contributed by atoms with E-state index in [0.29, 0.717) is 18.1 Å². The Morgan fingerprint density at radius 1 is 1.39 bits per heavy atom. The number of aryl methyl sites for hydroxylation is 2. The van der Waals surface area contributed by atoms with Crippen molar-refractivity contribution >= 4 is 22.9 Å². The zero-order chi connectivity index (χ0) is 16.2. The van der Waals surface area contributed by atoms with E-state index in [1.807, 2.05) is 16.8 Å². The normalized spacial score (nSPS) is 10.7. The van der Waals surface area contributed by atoms with Crippen LogP contribution in [0.5, 0.6) is 0 Å². The highest BCUT2D eigenvalue weighted by Gasteiger charge is 2.12. The Bertz CT molecular complexity index is 815. The monoisotopic (exact) mass is 331 g/mol. The minimum Gasteiger partial charge on any atom is -0.339 e. The zero-order valence-corrected chi connectivity index (χ0v) is 13.2. The molecule has 1 N–H and O–H groups in total. The SMILES string of the molecule is Cc1ccc(NC(=O)CCc2nc(-c3ccsc3)no2)c(F)c1. The number of benzene rings is 1. The summed E-state index contributed by atoms with van der Waals surface area (Å²) in [5.41, 5.74) is 1.86. The van der Waals surface area contributed by atoms with Crippen molar-refractivity contribution in [3.05, 3.63) is 52.3 Å². The van der Waals surface area contributed by atoms with Gasteiger partial charge in [-0.1, -0.05) is 11.2 Å². The van der Waals surface area contributed by atoms with Crippen molar-refractivity contribution in [1.82, 2.24) is 10.1 Å². The number of aromatic nitrogens is 2. The van der Waals surface area contributed by atoms with Crippen LogP contribution in [0, 0.1) is 12.7 Å². The van der Waals surface area contributed by atoms with Gasteiger partial charge in [-0.3, -0.25) is 4.79 Å². The predicted molar refractivity (Wildman–Crippen MR) is 85.7 cm³/mol. The number of anilines is 1. The first-order valence-electron chi connectivity index (χ1n) is 7.03. The van der Waals surface area contributed by atoms with E-state index in [4.69, 9.17) is 4.52 Å². The van der Waals surface area contributed by atoms with Crippen molar-refractivity contribution in [2.45, 2.75) is 19.8 Å². The van der Waals surface area contributed by atoms with E-state index in [1.165, 1.54) is 6.07 Å². The molecule has 0 bridgehead atoms. The largest absolute Gasteiger partial charge is 0.339 e. The molecule has 0 spiro atoms. The quantitative estimate of drug-likeness (QED) is 0.772. The molecule has 5 nitrogen and oxygen atoms in total. The third-order valence-electron chi connectivity index (χ3n) is 3.21. The summed E-state index contributed by atoms with van der Waals surface area (Å²) in [5.74, 6) is 0.135. The zero-order valence-electron chi connectivity index (χ0n) is 12.4. The van der Waals surface area contributed by atoms with Gasteiger partial charge < -0.3 is 9.84 Å². The van der Waals surface area contributed by atoms with Crippen LogP contribution in [0.4, 0.5) is 10.1 Å². The molecular formula is C16H14FN3O2S. The molecule has 23 heavy (non-hydrogen) atoms. The molecule has 2 aromatic heterocycles. The molecule has 0 radical (unpaired) electrons. The number of nitrogens with one attached hydrogen (secondary N) is 1. The van der Waals surface area contributed by atoms with Gasteiger partial charge in [0.05, 0.1) is 5.69 Å². The molecule has 1 aromatic carbocycles. The molecule has 3 rings (SSSR count). The Balaban J connectivity index is 1.57. The third-order valence-corrected chi connectivity index (χ3v) is 3.90. The average Bonchev–Trinajstić information content (AvgIpc) is 3.18. The molecule has 0 unspecified atom stereocenters. The van der Waals surface area contributed by atoms with Crippen LogP contribution in [-0.4, -0.2) is 16.0 Å². The van der Waals surface area contributed by atoms with Crippen LogP contribution in [0.25, 0.3) is 11.4 Å². The molecule has 1 amide bonds. The fourth-order valence-electron chi connectivity index (χ4n) is 2.02. The minimum atomic E-state index is -0.448. The maximum atomic E-state index is 13.7. The van der Waals surface area contributed by atoms with E-state index in [0.717, 1.165) is 11.1 Å². The molecule has 118 valence electrons. The first kappa shape index (κ1) is 15.4. The maximum absolute atomic E-state index is 13.7. The Kier molecular flexibility index (Phi) is 4.47.